The number of hydrogen-bond donors (Lipinski definition) is 0. The van der Waals surface area contributed by atoms with Gasteiger partial charge < -0.3 is 9.13 Å². The van der Waals surface area contributed by atoms with Crippen molar-refractivity contribution in [1.29, 1.82) is 0 Å². The van der Waals surface area contributed by atoms with Crippen LogP contribution in [0.5, 0.6) is 0 Å². The minimum atomic E-state index is 0.862. The third-order valence-corrected chi connectivity index (χ3v) is 10.6. The second kappa shape index (κ2) is 11.2. The largest absolute Gasteiger partial charge is 0.309 e. The molecule has 3 heterocycles. The fourth-order valence-corrected chi connectivity index (χ4v) is 8.34. The van der Waals surface area contributed by atoms with Gasteiger partial charge in [0.25, 0.3) is 0 Å². The Hall–Kier alpha value is -7.04. The second-order valence-corrected chi connectivity index (χ2v) is 13.4. The number of hydrogen-bond acceptors (Lipinski definition) is 2. The quantitative estimate of drug-likeness (QED) is 0.188. The highest BCUT2D eigenvalue weighted by Crippen LogP contribution is 2.43. The Morgan fingerprint density at radius 1 is 0.385 bits per heavy atom. The summed E-state index contributed by atoms with van der Waals surface area (Å²) in [4.78, 5) is 9.49. The predicted molar refractivity (Wildman–Crippen MR) is 217 cm³/mol. The maximum absolute atomic E-state index is 4.78. The van der Waals surface area contributed by atoms with Crippen molar-refractivity contribution in [2.45, 2.75) is 0 Å². The standard InChI is InChI=1S/C48H30N4/c1-3-12-31(13-4-1)40-29-41-42(50-27-26-49-41)30-46(40)52-44-25-23-32-14-7-8-17-35(32)47(44)39-24-22-33(28-45(39)52)36-19-11-20-38-37-18-9-10-21-43(37)51(48(36)38)34-15-5-2-6-16-34/h1-30H. The van der Waals surface area contributed by atoms with Crippen molar-refractivity contribution in [2.75, 3.05) is 0 Å². The van der Waals surface area contributed by atoms with Gasteiger partial charge in [0.1, 0.15) is 0 Å². The molecule has 11 rings (SSSR count). The molecule has 52 heavy (non-hydrogen) atoms. The molecule has 0 N–H and O–H groups in total. The summed E-state index contributed by atoms with van der Waals surface area (Å²) in [6.07, 6.45) is 3.54. The number of rotatable bonds is 4. The third-order valence-electron chi connectivity index (χ3n) is 10.6. The first-order valence-electron chi connectivity index (χ1n) is 17.7. The lowest BCUT2D eigenvalue weighted by Crippen LogP contribution is -1.99. The Balaban J connectivity index is 1.28. The molecule has 0 aliphatic heterocycles. The highest BCUT2D eigenvalue weighted by Gasteiger charge is 2.21. The van der Waals surface area contributed by atoms with Crippen LogP contribution >= 0.6 is 0 Å². The zero-order valence-corrected chi connectivity index (χ0v) is 28.1. The molecule has 0 unspecified atom stereocenters. The first kappa shape index (κ1) is 28.8. The van der Waals surface area contributed by atoms with Crippen molar-refractivity contribution in [1.82, 2.24) is 19.1 Å². The van der Waals surface area contributed by atoms with E-state index < -0.39 is 0 Å². The molecule has 0 aliphatic rings. The summed E-state index contributed by atoms with van der Waals surface area (Å²) in [5, 5.41) is 7.41. The number of fused-ring (bicyclic) bond motifs is 9. The zero-order chi connectivity index (χ0) is 34.2. The van der Waals surface area contributed by atoms with Crippen molar-refractivity contribution in [3.05, 3.63) is 182 Å². The van der Waals surface area contributed by atoms with Gasteiger partial charge in [-0.15, -0.1) is 0 Å². The van der Waals surface area contributed by atoms with Crippen molar-refractivity contribution < 1.29 is 0 Å². The summed E-state index contributed by atoms with van der Waals surface area (Å²) in [7, 11) is 0. The summed E-state index contributed by atoms with van der Waals surface area (Å²) >= 11 is 0. The Labute approximate surface area is 299 Å². The molecule has 0 atom stereocenters. The average Bonchev–Trinajstić information content (AvgIpc) is 3.74. The van der Waals surface area contributed by atoms with Crippen LogP contribution in [0, 0.1) is 0 Å². The highest BCUT2D eigenvalue weighted by atomic mass is 15.0. The van der Waals surface area contributed by atoms with Gasteiger partial charge in [0.15, 0.2) is 0 Å². The highest BCUT2D eigenvalue weighted by molar-refractivity contribution is 6.22. The van der Waals surface area contributed by atoms with Crippen LogP contribution in [0.4, 0.5) is 0 Å². The van der Waals surface area contributed by atoms with Crippen LogP contribution in [0.25, 0.3) is 99.0 Å². The van der Waals surface area contributed by atoms with E-state index in [9.17, 15) is 0 Å². The maximum atomic E-state index is 4.78. The van der Waals surface area contributed by atoms with Gasteiger partial charge >= 0.3 is 0 Å². The molecule has 8 aromatic carbocycles. The molecule has 0 bridgehead atoms. The van der Waals surface area contributed by atoms with Crippen molar-refractivity contribution >= 4 is 65.4 Å². The van der Waals surface area contributed by atoms with E-state index in [0.29, 0.717) is 0 Å². The van der Waals surface area contributed by atoms with Gasteiger partial charge in [-0.2, -0.15) is 0 Å². The minimum absolute atomic E-state index is 0.862. The van der Waals surface area contributed by atoms with Gasteiger partial charge in [-0.05, 0) is 64.4 Å². The first-order chi connectivity index (χ1) is 25.8. The van der Waals surface area contributed by atoms with Crippen LogP contribution in [0.2, 0.25) is 0 Å². The molecule has 0 aliphatic carbocycles. The lowest BCUT2D eigenvalue weighted by Gasteiger charge is -2.16. The summed E-state index contributed by atoms with van der Waals surface area (Å²) in [6, 6.07) is 61.4. The summed E-state index contributed by atoms with van der Waals surface area (Å²) < 4.78 is 4.87. The normalized spacial score (nSPS) is 11.8. The van der Waals surface area contributed by atoms with Gasteiger partial charge in [-0.25, -0.2) is 0 Å². The van der Waals surface area contributed by atoms with E-state index >= 15 is 0 Å². The molecular formula is C48H30N4. The van der Waals surface area contributed by atoms with Crippen LogP contribution in [-0.2, 0) is 0 Å². The molecule has 0 spiro atoms. The van der Waals surface area contributed by atoms with Crippen molar-refractivity contribution in [2.24, 2.45) is 0 Å². The van der Waals surface area contributed by atoms with E-state index in [-0.39, 0.29) is 0 Å². The zero-order valence-electron chi connectivity index (χ0n) is 28.1. The lowest BCUT2D eigenvalue weighted by atomic mass is 9.99. The van der Waals surface area contributed by atoms with E-state index in [1.807, 2.05) is 0 Å². The monoisotopic (exact) mass is 662 g/mol. The maximum Gasteiger partial charge on any atom is 0.0908 e. The Bertz CT molecular complexity index is 3170. The molecule has 0 radical (unpaired) electrons. The van der Waals surface area contributed by atoms with Gasteiger partial charge in [-0.3, -0.25) is 9.97 Å². The fraction of sp³-hybridized carbons (Fsp3) is 0. The van der Waals surface area contributed by atoms with E-state index in [0.717, 1.165) is 50.1 Å². The first-order valence-corrected chi connectivity index (χ1v) is 17.7. The average molecular weight is 663 g/mol. The number of benzene rings is 8. The molecule has 0 amide bonds. The van der Waals surface area contributed by atoms with E-state index in [2.05, 4.69) is 179 Å². The molecule has 11 aromatic rings. The van der Waals surface area contributed by atoms with E-state index in [4.69, 9.17) is 9.97 Å². The Morgan fingerprint density at radius 3 is 1.94 bits per heavy atom. The van der Waals surface area contributed by atoms with Gasteiger partial charge in [0.2, 0.25) is 0 Å². The van der Waals surface area contributed by atoms with Crippen LogP contribution in [0.3, 0.4) is 0 Å². The predicted octanol–water partition coefficient (Wildman–Crippen LogP) is 12.3. The van der Waals surface area contributed by atoms with Crippen molar-refractivity contribution in [3.8, 4) is 33.6 Å². The number of aromatic nitrogens is 4. The number of para-hydroxylation sites is 3. The summed E-state index contributed by atoms with van der Waals surface area (Å²) in [6.45, 7) is 0. The van der Waals surface area contributed by atoms with Crippen LogP contribution in [0.15, 0.2) is 182 Å². The molecule has 4 nitrogen and oxygen atoms in total. The van der Waals surface area contributed by atoms with Gasteiger partial charge in [0, 0.05) is 50.8 Å². The molecule has 0 saturated heterocycles. The Kier molecular flexibility index (Phi) is 6.22. The smallest absolute Gasteiger partial charge is 0.0908 e. The molecular weight excluding hydrogens is 633 g/mol. The van der Waals surface area contributed by atoms with Crippen LogP contribution in [0.1, 0.15) is 0 Å². The van der Waals surface area contributed by atoms with Crippen LogP contribution < -0.4 is 0 Å². The van der Waals surface area contributed by atoms with Crippen LogP contribution in [-0.4, -0.2) is 19.1 Å². The minimum Gasteiger partial charge on any atom is -0.309 e. The fourth-order valence-electron chi connectivity index (χ4n) is 8.34. The topological polar surface area (TPSA) is 35.6 Å². The number of nitrogens with zero attached hydrogens (tertiary/aromatic N) is 4. The lowest BCUT2D eigenvalue weighted by molar-refractivity contribution is 1.18. The van der Waals surface area contributed by atoms with E-state index in [1.54, 1.807) is 12.4 Å². The van der Waals surface area contributed by atoms with Crippen molar-refractivity contribution in [3.63, 3.8) is 0 Å². The van der Waals surface area contributed by atoms with Gasteiger partial charge in [-0.1, -0.05) is 127 Å². The molecule has 242 valence electrons. The molecule has 0 saturated carbocycles. The molecule has 3 aromatic heterocycles. The summed E-state index contributed by atoms with van der Waals surface area (Å²) in [5.41, 5.74) is 13.2. The second-order valence-electron chi connectivity index (χ2n) is 13.4. The molecule has 4 heteroatoms. The molecule has 0 fully saturated rings. The van der Waals surface area contributed by atoms with Gasteiger partial charge in [0.05, 0.1) is 38.8 Å². The summed E-state index contributed by atoms with van der Waals surface area (Å²) in [5.74, 6) is 0. The SMILES string of the molecule is c1ccc(-c2cc3nccnc3cc2-n2c3cc(-c4cccc5c6ccccc6n(-c6ccccc6)c45)ccc3c3c4ccccc4ccc32)cc1. The van der Waals surface area contributed by atoms with E-state index in [1.165, 1.54) is 48.9 Å². The Morgan fingerprint density at radius 2 is 1.10 bits per heavy atom. The third kappa shape index (κ3) is 4.21.